The van der Waals surface area contributed by atoms with Crippen LogP contribution in [0.25, 0.3) is 0 Å². The summed E-state index contributed by atoms with van der Waals surface area (Å²) in [7, 11) is 0. The quantitative estimate of drug-likeness (QED) is 0.439. The van der Waals surface area contributed by atoms with Crippen molar-refractivity contribution in [2.45, 2.75) is 60.0 Å². The Morgan fingerprint density at radius 2 is 1.95 bits per heavy atom. The molecule has 1 atom stereocenters. The van der Waals surface area contributed by atoms with E-state index in [9.17, 15) is 4.79 Å². The molecule has 1 saturated carbocycles. The molecule has 19 heavy (non-hydrogen) atoms. The Bertz CT molecular complexity index is 460. The predicted molar refractivity (Wildman–Crippen MR) is 76.3 cm³/mol. The van der Waals surface area contributed by atoms with E-state index in [1.807, 2.05) is 6.92 Å². The molecule has 0 aromatic heterocycles. The molecule has 0 spiro atoms. The zero-order chi connectivity index (χ0) is 14.4. The Kier molecular flexibility index (Phi) is 3.29. The largest absolute Gasteiger partial charge is 0.458 e. The molecule has 0 saturated heterocycles. The molecule has 0 heterocycles. The van der Waals surface area contributed by atoms with Gasteiger partial charge in [0.25, 0.3) is 0 Å². The van der Waals surface area contributed by atoms with E-state index in [1.165, 1.54) is 11.1 Å². The average molecular weight is 260 g/mol. The number of carbonyl (C=O) groups is 1. The molecule has 2 nitrogen and oxygen atoms in total. The normalized spacial score (nSPS) is 28.1. The zero-order valence-corrected chi connectivity index (χ0v) is 12.7. The molecular formula is C17H24O2. The maximum absolute atomic E-state index is 12.3. The van der Waals surface area contributed by atoms with Gasteiger partial charge in [-0.05, 0) is 36.2 Å². The topological polar surface area (TPSA) is 26.3 Å². The van der Waals surface area contributed by atoms with Gasteiger partial charge in [-0.2, -0.15) is 0 Å². The molecule has 0 aromatic carbocycles. The predicted octanol–water partition coefficient (Wildman–Crippen LogP) is 3.71. The van der Waals surface area contributed by atoms with Gasteiger partial charge in [0, 0.05) is 6.42 Å². The van der Waals surface area contributed by atoms with Crippen molar-refractivity contribution in [1.29, 1.82) is 0 Å². The van der Waals surface area contributed by atoms with Crippen LogP contribution < -0.4 is 0 Å². The monoisotopic (exact) mass is 260 g/mol. The van der Waals surface area contributed by atoms with E-state index in [1.54, 1.807) is 0 Å². The Labute approximate surface area is 116 Å². The van der Waals surface area contributed by atoms with Crippen molar-refractivity contribution in [1.82, 2.24) is 0 Å². The van der Waals surface area contributed by atoms with E-state index in [4.69, 9.17) is 11.2 Å². The van der Waals surface area contributed by atoms with Crippen molar-refractivity contribution in [2.24, 2.45) is 16.7 Å². The summed E-state index contributed by atoms with van der Waals surface area (Å²) >= 11 is 0. The molecular weight excluding hydrogens is 236 g/mol. The van der Waals surface area contributed by atoms with Gasteiger partial charge in [-0.1, -0.05) is 33.3 Å². The van der Waals surface area contributed by atoms with Crippen molar-refractivity contribution in [3.63, 3.8) is 0 Å². The van der Waals surface area contributed by atoms with Crippen LogP contribution in [0.4, 0.5) is 0 Å². The highest BCUT2D eigenvalue weighted by Crippen LogP contribution is 2.68. The smallest absolute Gasteiger partial charge is 0.310 e. The van der Waals surface area contributed by atoms with E-state index < -0.39 is 0 Å². The van der Waals surface area contributed by atoms with Gasteiger partial charge in [-0.3, -0.25) is 4.79 Å². The number of hydrogen-bond acceptors (Lipinski definition) is 2. The van der Waals surface area contributed by atoms with Crippen LogP contribution in [-0.4, -0.2) is 12.1 Å². The number of carbonyl (C=O) groups excluding carboxylic acids is 1. The van der Waals surface area contributed by atoms with E-state index in [0.29, 0.717) is 6.42 Å². The standard InChI is InChI=1S/C17H24O2/c1-7-8-12-9-10-13(11(12)2)19-15(18)14-16(3,4)17(14,5)6/h1,13-14H,8-10H2,2-6H3/t13-/m0/s1. The lowest BCUT2D eigenvalue weighted by atomic mass is 10.0. The fraction of sp³-hybridized carbons (Fsp3) is 0.706. The molecule has 2 rings (SSSR count). The third-order valence-electron chi connectivity index (χ3n) is 5.58. The van der Waals surface area contributed by atoms with Crippen molar-refractivity contribution in [3.8, 4) is 12.3 Å². The number of hydrogen-bond donors (Lipinski definition) is 0. The van der Waals surface area contributed by atoms with Gasteiger partial charge < -0.3 is 4.74 Å². The first-order valence-electron chi connectivity index (χ1n) is 7.06. The maximum atomic E-state index is 12.3. The molecule has 0 unspecified atom stereocenters. The Balaban J connectivity index is 2.01. The lowest BCUT2D eigenvalue weighted by molar-refractivity contribution is -0.150. The second kappa shape index (κ2) is 4.40. The molecule has 0 bridgehead atoms. The van der Waals surface area contributed by atoms with Gasteiger partial charge in [0.05, 0.1) is 5.92 Å². The van der Waals surface area contributed by atoms with Gasteiger partial charge in [-0.15, -0.1) is 12.3 Å². The van der Waals surface area contributed by atoms with E-state index in [-0.39, 0.29) is 28.8 Å². The van der Waals surface area contributed by atoms with Gasteiger partial charge in [0.2, 0.25) is 0 Å². The molecule has 0 N–H and O–H groups in total. The highest BCUT2D eigenvalue weighted by molar-refractivity contribution is 5.79. The first-order chi connectivity index (χ1) is 8.73. The molecule has 2 aliphatic carbocycles. The SMILES string of the molecule is C#CCC1=C(C)[C@@H](OC(=O)C2C(C)(C)C2(C)C)CC1. The number of allylic oxidation sites excluding steroid dienone is 1. The van der Waals surface area contributed by atoms with Crippen molar-refractivity contribution in [3.05, 3.63) is 11.1 Å². The van der Waals surface area contributed by atoms with Crippen molar-refractivity contribution >= 4 is 5.97 Å². The molecule has 0 aliphatic heterocycles. The number of terminal acetylenes is 1. The van der Waals surface area contributed by atoms with E-state index in [2.05, 4.69) is 33.6 Å². The summed E-state index contributed by atoms with van der Waals surface area (Å²) in [6.07, 6.45) is 7.84. The molecule has 1 fully saturated rings. The van der Waals surface area contributed by atoms with Gasteiger partial charge in [0.1, 0.15) is 6.10 Å². The van der Waals surface area contributed by atoms with Gasteiger partial charge >= 0.3 is 5.97 Å². The Morgan fingerprint density at radius 1 is 1.37 bits per heavy atom. The molecule has 0 aromatic rings. The number of esters is 1. The highest BCUT2D eigenvalue weighted by atomic mass is 16.5. The van der Waals surface area contributed by atoms with Crippen LogP contribution in [0.2, 0.25) is 0 Å². The van der Waals surface area contributed by atoms with Crippen LogP contribution >= 0.6 is 0 Å². The summed E-state index contributed by atoms with van der Waals surface area (Å²) < 4.78 is 5.73. The first-order valence-corrected chi connectivity index (χ1v) is 7.06. The van der Waals surface area contributed by atoms with E-state index in [0.717, 1.165) is 12.8 Å². The number of rotatable bonds is 3. The zero-order valence-electron chi connectivity index (χ0n) is 12.7. The molecule has 2 heteroatoms. The second-order valence-corrected chi connectivity index (χ2v) is 7.01. The summed E-state index contributed by atoms with van der Waals surface area (Å²) in [5.74, 6) is 2.65. The summed E-state index contributed by atoms with van der Waals surface area (Å²) in [4.78, 5) is 12.3. The molecule has 2 aliphatic rings. The Morgan fingerprint density at radius 3 is 2.42 bits per heavy atom. The molecule has 0 radical (unpaired) electrons. The summed E-state index contributed by atoms with van der Waals surface area (Å²) in [6.45, 7) is 10.6. The Hall–Kier alpha value is -1.23. The van der Waals surface area contributed by atoms with Crippen LogP contribution in [-0.2, 0) is 9.53 Å². The van der Waals surface area contributed by atoms with E-state index >= 15 is 0 Å². The summed E-state index contributed by atoms with van der Waals surface area (Å²) in [5, 5.41) is 0. The molecule has 104 valence electrons. The minimum atomic E-state index is -0.0527. The minimum Gasteiger partial charge on any atom is -0.458 e. The summed E-state index contributed by atoms with van der Waals surface area (Å²) in [5.41, 5.74) is 2.53. The van der Waals surface area contributed by atoms with Gasteiger partial charge in [-0.25, -0.2) is 0 Å². The third-order valence-corrected chi connectivity index (χ3v) is 5.58. The fourth-order valence-electron chi connectivity index (χ4n) is 3.44. The van der Waals surface area contributed by atoms with Crippen LogP contribution in [0, 0.1) is 29.1 Å². The lowest BCUT2D eigenvalue weighted by Gasteiger charge is -2.14. The van der Waals surface area contributed by atoms with Crippen LogP contribution in [0.5, 0.6) is 0 Å². The minimum absolute atomic E-state index is 0.0180. The average Bonchev–Trinajstić information content (AvgIpc) is 2.54. The maximum Gasteiger partial charge on any atom is 0.310 e. The number of ether oxygens (including phenoxy) is 1. The van der Waals surface area contributed by atoms with Crippen LogP contribution in [0.1, 0.15) is 53.9 Å². The van der Waals surface area contributed by atoms with Gasteiger partial charge in [0.15, 0.2) is 0 Å². The second-order valence-electron chi connectivity index (χ2n) is 7.01. The molecule has 0 amide bonds. The van der Waals surface area contributed by atoms with Crippen LogP contribution in [0.15, 0.2) is 11.1 Å². The third kappa shape index (κ3) is 2.10. The van der Waals surface area contributed by atoms with Crippen LogP contribution in [0.3, 0.4) is 0 Å². The fourth-order valence-corrected chi connectivity index (χ4v) is 3.44. The van der Waals surface area contributed by atoms with Crippen molar-refractivity contribution in [2.75, 3.05) is 0 Å². The van der Waals surface area contributed by atoms with Crippen molar-refractivity contribution < 1.29 is 9.53 Å². The lowest BCUT2D eigenvalue weighted by Crippen LogP contribution is -2.20. The first kappa shape index (κ1) is 14.2. The summed E-state index contributed by atoms with van der Waals surface area (Å²) in [6, 6.07) is 0. The highest BCUT2D eigenvalue weighted by Gasteiger charge is 2.69.